The first-order valence-electron chi connectivity index (χ1n) is 8.32. The molecule has 25 heavy (non-hydrogen) atoms. The molecule has 0 radical (unpaired) electrons. The van der Waals surface area contributed by atoms with Crippen LogP contribution in [0, 0.1) is 6.92 Å². The van der Waals surface area contributed by atoms with Gasteiger partial charge < -0.3 is 9.84 Å². The quantitative estimate of drug-likeness (QED) is 0.772. The smallest absolute Gasteiger partial charge is 0.230 e. The minimum absolute atomic E-state index is 0.0711. The maximum Gasteiger partial charge on any atom is 0.230 e. The van der Waals surface area contributed by atoms with Crippen molar-refractivity contribution in [2.75, 3.05) is 5.32 Å². The molecule has 6 heteroatoms. The van der Waals surface area contributed by atoms with Crippen LogP contribution in [-0.2, 0) is 11.2 Å². The number of hydrogen-bond acceptors (Lipinski definition) is 5. The Balaban J connectivity index is 1.47. The molecule has 3 aromatic rings. The van der Waals surface area contributed by atoms with Crippen LogP contribution >= 0.6 is 0 Å². The Hall–Kier alpha value is -3.02. The predicted molar refractivity (Wildman–Crippen MR) is 93.0 cm³/mol. The lowest BCUT2D eigenvalue weighted by molar-refractivity contribution is -0.115. The molecular formula is C19H18N4O2. The molecule has 0 spiro atoms. The van der Waals surface area contributed by atoms with Gasteiger partial charge in [-0.05, 0) is 49.1 Å². The Morgan fingerprint density at radius 2 is 2.20 bits per heavy atom. The van der Waals surface area contributed by atoms with Crippen molar-refractivity contribution < 1.29 is 9.32 Å². The van der Waals surface area contributed by atoms with Gasteiger partial charge in [-0.25, -0.2) is 0 Å². The van der Waals surface area contributed by atoms with E-state index in [9.17, 15) is 4.79 Å². The zero-order valence-electron chi connectivity index (χ0n) is 13.9. The van der Waals surface area contributed by atoms with Gasteiger partial charge >= 0.3 is 0 Å². The number of pyridine rings is 1. The molecule has 1 saturated carbocycles. The van der Waals surface area contributed by atoms with Gasteiger partial charge in [0, 0.05) is 29.6 Å². The summed E-state index contributed by atoms with van der Waals surface area (Å²) < 4.78 is 5.30. The Morgan fingerprint density at radius 3 is 3.00 bits per heavy atom. The minimum atomic E-state index is -0.0711. The number of benzene rings is 1. The van der Waals surface area contributed by atoms with E-state index in [2.05, 4.69) is 20.4 Å². The zero-order chi connectivity index (χ0) is 17.2. The first kappa shape index (κ1) is 15.5. The molecule has 0 saturated heterocycles. The van der Waals surface area contributed by atoms with Crippen molar-refractivity contribution in [1.29, 1.82) is 0 Å². The van der Waals surface area contributed by atoms with Crippen molar-refractivity contribution in [2.24, 2.45) is 0 Å². The van der Waals surface area contributed by atoms with Crippen molar-refractivity contribution in [3.63, 3.8) is 0 Å². The van der Waals surface area contributed by atoms with E-state index in [1.54, 1.807) is 12.4 Å². The molecule has 0 bridgehead atoms. The fraction of sp³-hybridized carbons (Fsp3) is 0.263. The lowest BCUT2D eigenvalue weighted by Crippen LogP contribution is -2.15. The fourth-order valence-electron chi connectivity index (χ4n) is 2.66. The Morgan fingerprint density at radius 1 is 1.32 bits per heavy atom. The largest absolute Gasteiger partial charge is 0.339 e. The van der Waals surface area contributed by atoms with Crippen LogP contribution in [0.4, 0.5) is 5.69 Å². The van der Waals surface area contributed by atoms with Crippen LogP contribution in [0.5, 0.6) is 0 Å². The molecule has 4 rings (SSSR count). The number of rotatable bonds is 5. The second kappa shape index (κ2) is 6.47. The van der Waals surface area contributed by atoms with Crippen LogP contribution < -0.4 is 5.32 Å². The standard InChI is InChI=1S/C19H18N4O2/c1-12-11-20-8-7-14(12)10-17(24)21-16-4-2-3-15(9-16)18-22-19(25-23-18)13-5-6-13/h2-4,7-9,11,13H,5-6,10H2,1H3,(H,21,24). The highest BCUT2D eigenvalue weighted by atomic mass is 16.5. The third-order valence-corrected chi connectivity index (χ3v) is 4.26. The summed E-state index contributed by atoms with van der Waals surface area (Å²) in [5.41, 5.74) is 3.52. The van der Waals surface area contributed by atoms with Gasteiger partial charge in [-0.3, -0.25) is 9.78 Å². The normalized spacial score (nSPS) is 13.6. The average Bonchev–Trinajstić information content (AvgIpc) is 3.34. The summed E-state index contributed by atoms with van der Waals surface area (Å²) in [5, 5.41) is 6.97. The van der Waals surface area contributed by atoms with Gasteiger partial charge in [0.25, 0.3) is 0 Å². The maximum absolute atomic E-state index is 12.3. The summed E-state index contributed by atoms with van der Waals surface area (Å²) in [7, 11) is 0. The Bertz CT molecular complexity index is 915. The first-order chi connectivity index (χ1) is 12.2. The Kier molecular flexibility index (Phi) is 4.01. The molecule has 6 nitrogen and oxygen atoms in total. The van der Waals surface area contributed by atoms with Crippen molar-refractivity contribution in [2.45, 2.75) is 32.1 Å². The van der Waals surface area contributed by atoms with Crippen molar-refractivity contribution in [3.05, 3.63) is 59.7 Å². The molecule has 1 amide bonds. The van der Waals surface area contributed by atoms with Crippen LogP contribution in [0.1, 0.15) is 35.8 Å². The molecule has 1 aliphatic rings. The molecule has 2 heterocycles. The molecule has 0 aliphatic heterocycles. The molecule has 1 aliphatic carbocycles. The monoisotopic (exact) mass is 334 g/mol. The maximum atomic E-state index is 12.3. The van der Waals surface area contributed by atoms with Crippen molar-refractivity contribution >= 4 is 11.6 Å². The third-order valence-electron chi connectivity index (χ3n) is 4.26. The molecule has 0 atom stereocenters. The number of hydrogen-bond donors (Lipinski definition) is 1. The summed E-state index contributed by atoms with van der Waals surface area (Å²) in [6.45, 7) is 1.95. The summed E-state index contributed by atoms with van der Waals surface area (Å²) >= 11 is 0. The first-order valence-corrected chi connectivity index (χ1v) is 8.32. The van der Waals surface area contributed by atoms with Gasteiger partial charge in [0.15, 0.2) is 0 Å². The highest BCUT2D eigenvalue weighted by Gasteiger charge is 2.29. The highest BCUT2D eigenvalue weighted by Crippen LogP contribution is 2.39. The molecule has 1 N–H and O–H groups in total. The van der Waals surface area contributed by atoms with E-state index in [0.29, 0.717) is 29.7 Å². The van der Waals surface area contributed by atoms with E-state index < -0.39 is 0 Å². The van der Waals surface area contributed by atoms with Crippen LogP contribution in [-0.4, -0.2) is 21.0 Å². The number of aromatic nitrogens is 3. The number of carbonyl (C=O) groups is 1. The van der Waals surface area contributed by atoms with Gasteiger partial charge in [-0.15, -0.1) is 0 Å². The third kappa shape index (κ3) is 3.57. The molecular weight excluding hydrogens is 316 g/mol. The molecule has 126 valence electrons. The average molecular weight is 334 g/mol. The topological polar surface area (TPSA) is 80.9 Å². The summed E-state index contributed by atoms with van der Waals surface area (Å²) in [4.78, 5) is 20.8. The van der Waals surface area contributed by atoms with Crippen molar-refractivity contribution in [3.8, 4) is 11.4 Å². The number of carbonyl (C=O) groups excluding carboxylic acids is 1. The van der Waals surface area contributed by atoms with Gasteiger partial charge in [0.05, 0.1) is 6.42 Å². The molecule has 1 fully saturated rings. The summed E-state index contributed by atoms with van der Waals surface area (Å²) in [6.07, 6.45) is 6.01. The number of nitrogens with one attached hydrogen (secondary N) is 1. The Labute approximate surface area is 145 Å². The number of nitrogens with zero attached hydrogens (tertiary/aromatic N) is 3. The van der Waals surface area contributed by atoms with Crippen LogP contribution in [0.25, 0.3) is 11.4 Å². The second-order valence-electron chi connectivity index (χ2n) is 6.34. The minimum Gasteiger partial charge on any atom is -0.339 e. The lowest BCUT2D eigenvalue weighted by atomic mass is 10.1. The number of aryl methyl sites for hydroxylation is 1. The molecule has 0 unspecified atom stereocenters. The van der Waals surface area contributed by atoms with Gasteiger partial charge in [-0.2, -0.15) is 4.98 Å². The van der Waals surface area contributed by atoms with Crippen LogP contribution in [0.2, 0.25) is 0 Å². The van der Waals surface area contributed by atoms with E-state index in [-0.39, 0.29) is 5.91 Å². The summed E-state index contributed by atoms with van der Waals surface area (Å²) in [6, 6.07) is 9.35. The van der Waals surface area contributed by atoms with Gasteiger partial charge in [-0.1, -0.05) is 17.3 Å². The van der Waals surface area contributed by atoms with Crippen LogP contribution in [0.3, 0.4) is 0 Å². The van der Waals surface area contributed by atoms with E-state index in [4.69, 9.17) is 4.52 Å². The number of amides is 1. The van der Waals surface area contributed by atoms with E-state index in [0.717, 1.165) is 29.5 Å². The molecule has 2 aromatic heterocycles. The molecule has 1 aromatic carbocycles. The number of anilines is 1. The van der Waals surface area contributed by atoms with E-state index in [1.807, 2.05) is 37.3 Å². The van der Waals surface area contributed by atoms with Crippen molar-refractivity contribution in [1.82, 2.24) is 15.1 Å². The SMILES string of the molecule is Cc1cnccc1CC(=O)Nc1cccc(-c2noc(C3CC3)n2)c1. The van der Waals surface area contributed by atoms with Gasteiger partial charge in [0.2, 0.25) is 17.6 Å². The van der Waals surface area contributed by atoms with Crippen LogP contribution in [0.15, 0.2) is 47.2 Å². The highest BCUT2D eigenvalue weighted by molar-refractivity contribution is 5.93. The zero-order valence-corrected chi connectivity index (χ0v) is 13.9. The second-order valence-corrected chi connectivity index (χ2v) is 6.34. The summed E-state index contributed by atoms with van der Waals surface area (Å²) in [5.74, 6) is 1.62. The fourth-order valence-corrected chi connectivity index (χ4v) is 2.66. The van der Waals surface area contributed by atoms with E-state index >= 15 is 0 Å². The lowest BCUT2D eigenvalue weighted by Gasteiger charge is -2.07. The van der Waals surface area contributed by atoms with E-state index in [1.165, 1.54) is 0 Å². The van der Waals surface area contributed by atoms with Gasteiger partial charge in [0.1, 0.15) is 0 Å². The predicted octanol–water partition coefficient (Wildman–Crippen LogP) is 3.50.